The van der Waals surface area contributed by atoms with Crippen molar-refractivity contribution in [3.8, 4) is 0 Å². The molecule has 17 heavy (non-hydrogen) atoms. The zero-order chi connectivity index (χ0) is 13.1. The van der Waals surface area contributed by atoms with E-state index in [1.807, 2.05) is 20.8 Å². The Kier molecular flexibility index (Phi) is 5.42. The standard InChI is InChI=1S/C14H29NO2/c1-10-6-7-13(11(10)2)15-8-12(16)9-17-14(3,4)5/h10-13,15-16H,6-9H2,1-5H3. The lowest BCUT2D eigenvalue weighted by atomic mass is 9.98. The molecule has 1 saturated carbocycles. The largest absolute Gasteiger partial charge is 0.389 e. The smallest absolute Gasteiger partial charge is 0.0898 e. The van der Waals surface area contributed by atoms with E-state index in [-0.39, 0.29) is 5.60 Å². The van der Waals surface area contributed by atoms with Crippen LogP contribution in [0.25, 0.3) is 0 Å². The van der Waals surface area contributed by atoms with Crippen LogP contribution in [-0.4, -0.2) is 36.0 Å². The molecule has 0 amide bonds. The Bertz CT molecular complexity index is 225. The lowest BCUT2D eigenvalue weighted by molar-refractivity contribution is -0.0485. The molecule has 102 valence electrons. The van der Waals surface area contributed by atoms with E-state index in [0.717, 1.165) is 5.92 Å². The highest BCUT2D eigenvalue weighted by atomic mass is 16.5. The molecule has 0 bridgehead atoms. The quantitative estimate of drug-likeness (QED) is 0.777. The highest BCUT2D eigenvalue weighted by molar-refractivity contribution is 4.85. The summed E-state index contributed by atoms with van der Waals surface area (Å²) in [5.41, 5.74) is -0.170. The summed E-state index contributed by atoms with van der Waals surface area (Å²) >= 11 is 0. The lowest BCUT2D eigenvalue weighted by Crippen LogP contribution is -2.40. The SMILES string of the molecule is CC1CCC(NCC(O)COC(C)(C)C)C1C. The molecule has 0 aliphatic heterocycles. The predicted molar refractivity (Wildman–Crippen MR) is 71.1 cm³/mol. The maximum Gasteiger partial charge on any atom is 0.0898 e. The molecular weight excluding hydrogens is 214 g/mol. The van der Waals surface area contributed by atoms with Crippen molar-refractivity contribution in [3.63, 3.8) is 0 Å². The van der Waals surface area contributed by atoms with Crippen LogP contribution in [-0.2, 0) is 4.74 Å². The molecule has 1 rings (SSSR count). The Labute approximate surface area is 106 Å². The molecular formula is C14H29NO2. The summed E-state index contributed by atoms with van der Waals surface area (Å²) < 4.78 is 5.56. The zero-order valence-electron chi connectivity index (χ0n) is 12.0. The van der Waals surface area contributed by atoms with Crippen molar-refractivity contribution < 1.29 is 9.84 Å². The van der Waals surface area contributed by atoms with Gasteiger partial charge in [-0.3, -0.25) is 0 Å². The van der Waals surface area contributed by atoms with Gasteiger partial charge in [0.25, 0.3) is 0 Å². The van der Waals surface area contributed by atoms with Crippen LogP contribution >= 0.6 is 0 Å². The minimum absolute atomic E-state index is 0.170. The topological polar surface area (TPSA) is 41.5 Å². The monoisotopic (exact) mass is 243 g/mol. The molecule has 1 aliphatic carbocycles. The molecule has 1 fully saturated rings. The second-order valence-corrected chi connectivity index (χ2v) is 6.51. The van der Waals surface area contributed by atoms with E-state index in [4.69, 9.17) is 4.74 Å². The molecule has 3 nitrogen and oxygen atoms in total. The van der Waals surface area contributed by atoms with Crippen LogP contribution in [0.4, 0.5) is 0 Å². The molecule has 0 radical (unpaired) electrons. The van der Waals surface area contributed by atoms with Crippen molar-refractivity contribution in [1.82, 2.24) is 5.32 Å². The third kappa shape index (κ3) is 5.36. The Morgan fingerprint density at radius 2 is 1.94 bits per heavy atom. The number of hydrogen-bond donors (Lipinski definition) is 2. The van der Waals surface area contributed by atoms with Gasteiger partial charge < -0.3 is 15.2 Å². The Morgan fingerprint density at radius 3 is 2.41 bits per heavy atom. The molecule has 2 N–H and O–H groups in total. The van der Waals surface area contributed by atoms with Crippen LogP contribution in [0.1, 0.15) is 47.5 Å². The summed E-state index contributed by atoms with van der Waals surface area (Å²) in [6, 6.07) is 0.564. The zero-order valence-corrected chi connectivity index (χ0v) is 12.0. The van der Waals surface area contributed by atoms with Gasteiger partial charge in [0.05, 0.1) is 18.3 Å². The molecule has 4 unspecified atom stereocenters. The first-order valence-corrected chi connectivity index (χ1v) is 6.85. The maximum absolute atomic E-state index is 9.84. The molecule has 0 aromatic rings. The second kappa shape index (κ2) is 6.17. The molecule has 0 spiro atoms. The van der Waals surface area contributed by atoms with Crippen LogP contribution in [0.5, 0.6) is 0 Å². The van der Waals surface area contributed by atoms with Crippen molar-refractivity contribution in [1.29, 1.82) is 0 Å². The number of nitrogens with one attached hydrogen (secondary N) is 1. The molecule has 3 heteroatoms. The summed E-state index contributed by atoms with van der Waals surface area (Å²) in [5, 5.41) is 13.3. The molecule has 0 aromatic carbocycles. The van der Waals surface area contributed by atoms with Crippen LogP contribution in [0.2, 0.25) is 0 Å². The average Bonchev–Trinajstić information content (AvgIpc) is 2.53. The first kappa shape index (κ1) is 14.9. The van der Waals surface area contributed by atoms with Gasteiger partial charge in [-0.2, -0.15) is 0 Å². The Morgan fingerprint density at radius 1 is 1.29 bits per heavy atom. The highest BCUT2D eigenvalue weighted by Gasteiger charge is 2.29. The van der Waals surface area contributed by atoms with Gasteiger partial charge in [0.15, 0.2) is 0 Å². The number of ether oxygens (including phenoxy) is 1. The average molecular weight is 243 g/mol. The van der Waals surface area contributed by atoms with Gasteiger partial charge in [0.1, 0.15) is 0 Å². The summed E-state index contributed by atoms with van der Waals surface area (Å²) in [6.07, 6.45) is 2.13. The van der Waals surface area contributed by atoms with Crippen molar-refractivity contribution in [3.05, 3.63) is 0 Å². The fourth-order valence-corrected chi connectivity index (χ4v) is 2.35. The summed E-state index contributed by atoms with van der Waals surface area (Å²) in [4.78, 5) is 0. The van der Waals surface area contributed by atoms with E-state index >= 15 is 0 Å². The fourth-order valence-electron chi connectivity index (χ4n) is 2.35. The van der Waals surface area contributed by atoms with Crippen molar-refractivity contribution >= 4 is 0 Å². The Balaban J connectivity index is 2.18. The number of hydrogen-bond acceptors (Lipinski definition) is 3. The van der Waals surface area contributed by atoms with Crippen molar-refractivity contribution in [2.45, 2.75) is 65.2 Å². The minimum Gasteiger partial charge on any atom is -0.389 e. The maximum atomic E-state index is 9.84. The third-order valence-electron chi connectivity index (χ3n) is 3.79. The van der Waals surface area contributed by atoms with Gasteiger partial charge in [-0.05, 0) is 45.4 Å². The van der Waals surface area contributed by atoms with E-state index in [1.54, 1.807) is 0 Å². The number of aliphatic hydroxyl groups is 1. The van der Waals surface area contributed by atoms with Crippen LogP contribution in [0.15, 0.2) is 0 Å². The van der Waals surface area contributed by atoms with Crippen molar-refractivity contribution in [2.75, 3.05) is 13.2 Å². The van der Waals surface area contributed by atoms with Crippen LogP contribution < -0.4 is 5.32 Å². The first-order chi connectivity index (χ1) is 7.79. The van der Waals surface area contributed by atoms with E-state index in [1.165, 1.54) is 12.8 Å². The van der Waals surface area contributed by atoms with Gasteiger partial charge >= 0.3 is 0 Å². The number of aliphatic hydroxyl groups excluding tert-OH is 1. The van der Waals surface area contributed by atoms with Gasteiger partial charge in [-0.25, -0.2) is 0 Å². The van der Waals surface area contributed by atoms with Crippen LogP contribution in [0.3, 0.4) is 0 Å². The normalized spacial score (nSPS) is 31.8. The van der Waals surface area contributed by atoms with Gasteiger partial charge in [-0.15, -0.1) is 0 Å². The van der Waals surface area contributed by atoms with E-state index in [2.05, 4.69) is 19.2 Å². The van der Waals surface area contributed by atoms with Gasteiger partial charge in [0.2, 0.25) is 0 Å². The van der Waals surface area contributed by atoms with Gasteiger partial charge in [-0.1, -0.05) is 13.8 Å². The fraction of sp³-hybridized carbons (Fsp3) is 1.00. The predicted octanol–water partition coefficient (Wildman–Crippen LogP) is 2.19. The Hall–Kier alpha value is -0.120. The first-order valence-electron chi connectivity index (χ1n) is 6.85. The molecule has 0 heterocycles. The molecule has 4 atom stereocenters. The van der Waals surface area contributed by atoms with Gasteiger partial charge in [0, 0.05) is 12.6 Å². The summed E-state index contributed by atoms with van der Waals surface area (Å²) in [7, 11) is 0. The van der Waals surface area contributed by atoms with E-state index in [9.17, 15) is 5.11 Å². The minimum atomic E-state index is -0.405. The molecule has 0 aromatic heterocycles. The summed E-state index contributed by atoms with van der Waals surface area (Å²) in [6.45, 7) is 11.7. The van der Waals surface area contributed by atoms with Crippen molar-refractivity contribution in [2.24, 2.45) is 11.8 Å². The second-order valence-electron chi connectivity index (χ2n) is 6.51. The number of rotatable bonds is 5. The molecule has 0 saturated heterocycles. The molecule has 1 aliphatic rings. The van der Waals surface area contributed by atoms with Crippen LogP contribution in [0, 0.1) is 11.8 Å². The lowest BCUT2D eigenvalue weighted by Gasteiger charge is -2.24. The third-order valence-corrected chi connectivity index (χ3v) is 3.79. The summed E-state index contributed by atoms with van der Waals surface area (Å²) in [5.74, 6) is 1.52. The highest BCUT2D eigenvalue weighted by Crippen LogP contribution is 2.30. The van der Waals surface area contributed by atoms with E-state index < -0.39 is 6.10 Å². The van der Waals surface area contributed by atoms with E-state index in [0.29, 0.717) is 25.1 Å².